The van der Waals surface area contributed by atoms with Crippen molar-refractivity contribution in [2.24, 2.45) is 12.5 Å². The number of fused-ring (bicyclic) bond motifs is 4. The molecule has 0 spiro atoms. The fourth-order valence-corrected chi connectivity index (χ4v) is 7.17. The second-order valence-corrected chi connectivity index (χ2v) is 13.0. The van der Waals surface area contributed by atoms with Crippen LogP contribution in [0.1, 0.15) is 53.8 Å². The zero-order valence-electron chi connectivity index (χ0n) is 25.7. The van der Waals surface area contributed by atoms with E-state index in [1.165, 1.54) is 28.0 Å². The molecule has 10 nitrogen and oxygen atoms in total. The van der Waals surface area contributed by atoms with Gasteiger partial charge in [-0.25, -0.2) is 4.39 Å². The van der Waals surface area contributed by atoms with E-state index in [1.807, 2.05) is 16.8 Å². The summed E-state index contributed by atoms with van der Waals surface area (Å²) in [6, 6.07) is 8.25. The van der Waals surface area contributed by atoms with Crippen LogP contribution in [0.3, 0.4) is 0 Å². The molecule has 0 radical (unpaired) electrons. The normalized spacial score (nSPS) is 17.5. The Labute approximate surface area is 255 Å². The first kappa shape index (κ1) is 28.5. The lowest BCUT2D eigenvalue weighted by molar-refractivity contribution is 0.0963. The summed E-state index contributed by atoms with van der Waals surface area (Å²) >= 11 is 0. The number of amides is 1. The molecule has 0 unspecified atom stereocenters. The third kappa shape index (κ3) is 4.75. The third-order valence-electron chi connectivity index (χ3n) is 9.35. The van der Waals surface area contributed by atoms with Crippen LogP contribution in [0.15, 0.2) is 41.3 Å². The summed E-state index contributed by atoms with van der Waals surface area (Å²) in [5.74, 6) is -0.176. The van der Waals surface area contributed by atoms with Gasteiger partial charge in [0.2, 0.25) is 0 Å². The molecule has 7 rings (SSSR count). The minimum atomic E-state index is -0.532. The number of nitrogens with zero attached hydrogens (tertiary/aromatic N) is 6. The van der Waals surface area contributed by atoms with Crippen molar-refractivity contribution in [3.63, 3.8) is 0 Å². The highest BCUT2D eigenvalue weighted by Crippen LogP contribution is 2.41. The second kappa shape index (κ2) is 10.4. The lowest BCUT2D eigenvalue weighted by atomic mass is 9.90. The number of hydrogen-bond acceptors (Lipinski definition) is 6. The van der Waals surface area contributed by atoms with Crippen molar-refractivity contribution in [2.45, 2.75) is 59.9 Å². The van der Waals surface area contributed by atoms with Crippen LogP contribution in [-0.4, -0.2) is 54.5 Å². The van der Waals surface area contributed by atoms with E-state index in [-0.39, 0.29) is 22.6 Å². The number of halogens is 1. The number of anilines is 3. The highest BCUT2D eigenvalue weighted by Gasteiger charge is 2.37. The maximum Gasteiger partial charge on any atom is 0.274 e. The van der Waals surface area contributed by atoms with E-state index >= 15 is 4.39 Å². The Morgan fingerprint density at radius 2 is 1.86 bits per heavy atom. The van der Waals surface area contributed by atoms with E-state index in [0.717, 1.165) is 44.7 Å². The molecule has 0 saturated carbocycles. The van der Waals surface area contributed by atoms with Gasteiger partial charge in [0.1, 0.15) is 17.2 Å². The highest BCUT2D eigenvalue weighted by atomic mass is 19.1. The van der Waals surface area contributed by atoms with Gasteiger partial charge in [-0.1, -0.05) is 20.8 Å². The van der Waals surface area contributed by atoms with E-state index in [0.29, 0.717) is 47.0 Å². The van der Waals surface area contributed by atoms with Gasteiger partial charge in [0, 0.05) is 62.3 Å². The molecule has 0 fully saturated rings. The minimum Gasteiger partial charge on any atom is -0.392 e. The summed E-state index contributed by atoms with van der Waals surface area (Å²) in [5.41, 5.74) is 6.00. The lowest BCUT2D eigenvalue weighted by Gasteiger charge is -2.32. The molecule has 1 aliphatic carbocycles. The Morgan fingerprint density at radius 1 is 1.05 bits per heavy atom. The SMILES string of the molecule is CCN1CCn2nc(Nc3cc(-c4cc(F)cc(N5CCn6c(cc7c6CC(C)(C)C7)C5=O)c4CO)cn(C)c3=O)cc2C1. The standard InChI is InChI=1S/C33H38FN7O3/c1-5-38-6-9-41-23(18-38)14-30(36-41)35-26-10-21(17-37(4)31(26)43)24-12-22(34)13-27(25(24)19-42)40-8-7-39-28(32(40)44)11-20-15-33(2,3)16-29(20)39/h10-14,17,42H,5-9,15-16,18-19H2,1-4H3,(H,35,36). The molecule has 3 aliphatic rings. The molecule has 1 amide bonds. The van der Waals surface area contributed by atoms with Crippen LogP contribution in [0, 0.1) is 11.2 Å². The zero-order chi connectivity index (χ0) is 30.9. The fraction of sp³-hybridized carbons (Fsp3) is 0.424. The van der Waals surface area contributed by atoms with E-state index in [1.54, 1.807) is 24.2 Å². The Bertz CT molecular complexity index is 1870. The number of aromatic nitrogens is 4. The number of aliphatic hydroxyl groups is 1. The van der Waals surface area contributed by atoms with Gasteiger partial charge in [-0.3, -0.25) is 19.2 Å². The smallest absolute Gasteiger partial charge is 0.274 e. The first-order chi connectivity index (χ1) is 21.0. The number of benzene rings is 1. The first-order valence-electron chi connectivity index (χ1n) is 15.3. The quantitative estimate of drug-likeness (QED) is 0.347. The Hall–Kier alpha value is -4.22. The third-order valence-corrected chi connectivity index (χ3v) is 9.35. The maximum absolute atomic E-state index is 15.3. The molecule has 230 valence electrons. The van der Waals surface area contributed by atoms with Crippen LogP contribution in [-0.2, 0) is 46.1 Å². The number of aliphatic hydroxyl groups excluding tert-OH is 1. The van der Waals surface area contributed by atoms with Crippen LogP contribution < -0.4 is 15.8 Å². The molecule has 4 aromatic rings. The minimum absolute atomic E-state index is 0.172. The number of rotatable bonds is 6. The molecule has 2 aliphatic heterocycles. The summed E-state index contributed by atoms with van der Waals surface area (Å²) < 4.78 is 20.8. The number of likely N-dealkylation sites (N-methyl/N-ethyl adjacent to an activating group) is 1. The van der Waals surface area contributed by atoms with Crippen LogP contribution in [0.2, 0.25) is 0 Å². The number of aryl methyl sites for hydroxylation is 1. The average molecular weight is 600 g/mol. The molecular formula is C33H38FN7O3. The van der Waals surface area contributed by atoms with E-state index < -0.39 is 12.4 Å². The summed E-state index contributed by atoms with van der Waals surface area (Å²) in [6.07, 6.45) is 3.46. The molecule has 3 aromatic heterocycles. The van der Waals surface area contributed by atoms with Gasteiger partial charge in [-0.15, -0.1) is 0 Å². The number of pyridine rings is 1. The van der Waals surface area contributed by atoms with Gasteiger partial charge < -0.3 is 24.5 Å². The van der Waals surface area contributed by atoms with Gasteiger partial charge in [-0.05, 0) is 60.2 Å². The van der Waals surface area contributed by atoms with Gasteiger partial charge in [0.05, 0.1) is 24.5 Å². The van der Waals surface area contributed by atoms with Crippen molar-refractivity contribution < 1.29 is 14.3 Å². The first-order valence-corrected chi connectivity index (χ1v) is 15.3. The second-order valence-electron chi connectivity index (χ2n) is 13.0. The Balaban J connectivity index is 1.24. The van der Waals surface area contributed by atoms with E-state index in [9.17, 15) is 14.7 Å². The molecule has 2 N–H and O–H groups in total. The number of hydrogen-bond donors (Lipinski definition) is 2. The van der Waals surface area contributed by atoms with Crippen molar-refractivity contribution in [3.8, 4) is 11.1 Å². The molecular weight excluding hydrogens is 561 g/mol. The number of carbonyl (C=O) groups excluding carboxylic acids is 1. The van der Waals surface area contributed by atoms with Crippen molar-refractivity contribution >= 4 is 23.1 Å². The Morgan fingerprint density at radius 3 is 2.64 bits per heavy atom. The maximum atomic E-state index is 15.3. The topological polar surface area (TPSA) is 101 Å². The van der Waals surface area contributed by atoms with Gasteiger partial charge in [-0.2, -0.15) is 5.10 Å². The van der Waals surface area contributed by atoms with Crippen LogP contribution >= 0.6 is 0 Å². The lowest BCUT2D eigenvalue weighted by Crippen LogP contribution is -2.41. The molecule has 5 heterocycles. The predicted molar refractivity (Wildman–Crippen MR) is 167 cm³/mol. The van der Waals surface area contributed by atoms with E-state index in [2.05, 4.69) is 40.7 Å². The zero-order valence-corrected chi connectivity index (χ0v) is 25.7. The van der Waals surface area contributed by atoms with Gasteiger partial charge in [0.25, 0.3) is 11.5 Å². The molecule has 44 heavy (non-hydrogen) atoms. The summed E-state index contributed by atoms with van der Waals surface area (Å²) in [5, 5.41) is 18.4. The van der Waals surface area contributed by atoms with Gasteiger partial charge in [0.15, 0.2) is 5.82 Å². The molecule has 11 heteroatoms. The van der Waals surface area contributed by atoms with Crippen molar-refractivity contribution in [3.05, 3.63) is 80.9 Å². The van der Waals surface area contributed by atoms with Crippen LogP contribution in [0.4, 0.5) is 21.6 Å². The highest BCUT2D eigenvalue weighted by molar-refractivity contribution is 6.07. The molecule has 0 atom stereocenters. The van der Waals surface area contributed by atoms with E-state index in [4.69, 9.17) is 0 Å². The summed E-state index contributed by atoms with van der Waals surface area (Å²) in [6.45, 7) is 10.6. The largest absolute Gasteiger partial charge is 0.392 e. The number of carbonyl (C=O) groups is 1. The Kier molecular flexibility index (Phi) is 6.78. The molecule has 1 aromatic carbocycles. The van der Waals surface area contributed by atoms with Crippen molar-refractivity contribution in [2.75, 3.05) is 29.9 Å². The monoisotopic (exact) mass is 599 g/mol. The number of nitrogens with one attached hydrogen (secondary N) is 1. The fourth-order valence-electron chi connectivity index (χ4n) is 7.17. The van der Waals surface area contributed by atoms with Gasteiger partial charge >= 0.3 is 0 Å². The molecule has 0 bridgehead atoms. The molecule has 0 saturated heterocycles. The average Bonchev–Trinajstić information content (AvgIpc) is 3.64. The van der Waals surface area contributed by atoms with Crippen LogP contribution in [0.25, 0.3) is 11.1 Å². The van der Waals surface area contributed by atoms with Crippen molar-refractivity contribution in [1.29, 1.82) is 0 Å². The summed E-state index contributed by atoms with van der Waals surface area (Å²) in [7, 11) is 1.63. The van der Waals surface area contributed by atoms with Crippen LogP contribution in [0.5, 0.6) is 0 Å². The summed E-state index contributed by atoms with van der Waals surface area (Å²) in [4.78, 5) is 30.9. The van der Waals surface area contributed by atoms with Crippen molar-refractivity contribution in [1.82, 2.24) is 23.8 Å². The predicted octanol–water partition coefficient (Wildman–Crippen LogP) is 4.05.